The van der Waals surface area contributed by atoms with Gasteiger partial charge in [0.15, 0.2) is 0 Å². The fourth-order valence-corrected chi connectivity index (χ4v) is 4.32. The van der Waals surface area contributed by atoms with E-state index in [4.69, 9.17) is 0 Å². The molecule has 0 radical (unpaired) electrons. The largest absolute Gasteiger partial charge is 0.465 e. The number of rotatable bonds is 6. The molecule has 3 rings (SSSR count). The van der Waals surface area contributed by atoms with Crippen molar-refractivity contribution >= 4 is 27.3 Å². The normalized spacial score (nSPS) is 11.4. The highest BCUT2D eigenvalue weighted by Crippen LogP contribution is 2.22. The van der Waals surface area contributed by atoms with E-state index in [0.29, 0.717) is 11.4 Å². The van der Waals surface area contributed by atoms with E-state index in [1.165, 1.54) is 23.2 Å². The summed E-state index contributed by atoms with van der Waals surface area (Å²) < 4.78 is 33.3. The van der Waals surface area contributed by atoms with Crippen molar-refractivity contribution < 1.29 is 17.9 Å². The van der Waals surface area contributed by atoms with Crippen LogP contribution in [0.1, 0.15) is 15.4 Å². The highest BCUT2D eigenvalue weighted by molar-refractivity contribution is 7.89. The van der Waals surface area contributed by atoms with E-state index < -0.39 is 16.0 Å². The molecule has 0 amide bonds. The van der Waals surface area contributed by atoms with Gasteiger partial charge in [-0.25, -0.2) is 22.6 Å². The Morgan fingerprint density at radius 1 is 1.40 bits per heavy atom. The minimum absolute atomic E-state index is 0.0222. The first-order valence-electron chi connectivity index (χ1n) is 6.98. The van der Waals surface area contributed by atoms with Crippen LogP contribution >= 0.6 is 11.3 Å². The number of carbonyl (C=O) groups excluding carboxylic acids is 1. The fourth-order valence-electron chi connectivity index (χ4n) is 1.99. The Hall–Kier alpha value is -2.63. The van der Waals surface area contributed by atoms with E-state index in [1.807, 2.05) is 0 Å². The average Bonchev–Trinajstić information content (AvgIpc) is 3.30. The number of methoxy groups -OCH3 is 1. The Bertz CT molecular complexity index is 982. The molecule has 0 spiro atoms. The van der Waals surface area contributed by atoms with Crippen LogP contribution in [0.25, 0.3) is 5.69 Å². The molecule has 0 atom stereocenters. The molecule has 25 heavy (non-hydrogen) atoms. The monoisotopic (exact) mass is 379 g/mol. The second-order valence-corrected chi connectivity index (χ2v) is 7.45. The standard InChI is InChI=1S/C14H13N5O4S2/c1-23-14(20)13-12(4-6-24-13)25(21,22)16-7-10-9-19(18-17-10)11-3-2-5-15-8-11/h2-6,8-9,16H,7H2,1H3. The van der Waals surface area contributed by atoms with Crippen molar-refractivity contribution in [2.45, 2.75) is 11.4 Å². The van der Waals surface area contributed by atoms with Gasteiger partial charge in [0.1, 0.15) is 9.77 Å². The lowest BCUT2D eigenvalue weighted by Gasteiger charge is -2.05. The van der Waals surface area contributed by atoms with Crippen LogP contribution in [0.15, 0.2) is 47.1 Å². The molecular formula is C14H13N5O4S2. The predicted octanol–water partition coefficient (Wildman–Crippen LogP) is 0.989. The van der Waals surface area contributed by atoms with Gasteiger partial charge in [0, 0.05) is 6.20 Å². The molecule has 0 aliphatic heterocycles. The maximum atomic E-state index is 12.4. The van der Waals surface area contributed by atoms with Crippen LogP contribution in [0.3, 0.4) is 0 Å². The molecule has 0 aliphatic carbocycles. The molecular weight excluding hydrogens is 366 g/mol. The van der Waals surface area contributed by atoms with Gasteiger partial charge in [0.2, 0.25) is 10.0 Å². The van der Waals surface area contributed by atoms with Gasteiger partial charge in [-0.05, 0) is 23.6 Å². The molecule has 0 fully saturated rings. The molecule has 9 nitrogen and oxygen atoms in total. The number of hydrogen-bond acceptors (Lipinski definition) is 8. The summed E-state index contributed by atoms with van der Waals surface area (Å²) in [6.45, 7) is -0.0704. The van der Waals surface area contributed by atoms with Gasteiger partial charge in [-0.15, -0.1) is 16.4 Å². The van der Waals surface area contributed by atoms with E-state index in [1.54, 1.807) is 30.7 Å². The van der Waals surface area contributed by atoms with Crippen molar-refractivity contribution in [3.63, 3.8) is 0 Å². The van der Waals surface area contributed by atoms with Gasteiger partial charge in [-0.3, -0.25) is 4.98 Å². The molecule has 3 heterocycles. The summed E-state index contributed by atoms with van der Waals surface area (Å²) in [6.07, 6.45) is 4.83. The smallest absolute Gasteiger partial charge is 0.349 e. The van der Waals surface area contributed by atoms with Crippen LogP contribution in [0, 0.1) is 0 Å². The molecule has 0 unspecified atom stereocenters. The van der Waals surface area contributed by atoms with Crippen molar-refractivity contribution in [1.82, 2.24) is 24.7 Å². The number of aromatic nitrogens is 4. The number of hydrogen-bond donors (Lipinski definition) is 1. The highest BCUT2D eigenvalue weighted by atomic mass is 32.2. The summed E-state index contributed by atoms with van der Waals surface area (Å²) in [5, 5.41) is 9.36. The molecule has 0 saturated heterocycles. The maximum absolute atomic E-state index is 12.4. The minimum atomic E-state index is -3.89. The van der Waals surface area contributed by atoms with Crippen LogP contribution in [0.5, 0.6) is 0 Å². The maximum Gasteiger partial charge on any atom is 0.349 e. The predicted molar refractivity (Wildman–Crippen MR) is 88.8 cm³/mol. The van der Waals surface area contributed by atoms with Crippen LogP contribution in [0.4, 0.5) is 0 Å². The van der Waals surface area contributed by atoms with Crippen LogP contribution < -0.4 is 4.72 Å². The summed E-state index contributed by atoms with van der Waals surface area (Å²) in [5.41, 5.74) is 1.12. The lowest BCUT2D eigenvalue weighted by molar-refractivity contribution is 0.0602. The first-order valence-corrected chi connectivity index (χ1v) is 9.34. The second-order valence-electron chi connectivity index (χ2n) is 4.80. The zero-order chi connectivity index (χ0) is 17.9. The lowest BCUT2D eigenvalue weighted by Crippen LogP contribution is -2.24. The molecule has 11 heteroatoms. The average molecular weight is 379 g/mol. The molecule has 3 aromatic heterocycles. The number of ether oxygens (including phenoxy) is 1. The van der Waals surface area contributed by atoms with Crippen LogP contribution in [-0.4, -0.2) is 41.5 Å². The van der Waals surface area contributed by atoms with E-state index in [9.17, 15) is 13.2 Å². The third-order valence-electron chi connectivity index (χ3n) is 3.18. The third kappa shape index (κ3) is 3.73. The molecule has 130 valence electrons. The van der Waals surface area contributed by atoms with E-state index in [0.717, 1.165) is 11.3 Å². The molecule has 0 aliphatic rings. The Balaban J connectivity index is 1.74. The lowest BCUT2D eigenvalue weighted by atomic mass is 10.4. The SMILES string of the molecule is COC(=O)c1sccc1S(=O)(=O)NCc1cn(-c2cccnc2)nn1. The highest BCUT2D eigenvalue weighted by Gasteiger charge is 2.24. The first kappa shape index (κ1) is 17.2. The second kappa shape index (κ2) is 7.09. The van der Waals surface area contributed by atoms with Crippen molar-refractivity contribution in [3.05, 3.63) is 52.7 Å². The number of thiophene rings is 1. The molecule has 0 bridgehead atoms. The van der Waals surface area contributed by atoms with Gasteiger partial charge >= 0.3 is 5.97 Å². The Labute approximate surface area is 147 Å². The molecule has 0 aromatic carbocycles. The molecule has 3 aromatic rings. The van der Waals surface area contributed by atoms with Crippen LogP contribution in [0.2, 0.25) is 0 Å². The Morgan fingerprint density at radius 3 is 2.96 bits per heavy atom. The summed E-state index contributed by atoms with van der Waals surface area (Å²) in [5.74, 6) is -0.696. The minimum Gasteiger partial charge on any atom is -0.465 e. The fraction of sp³-hybridized carbons (Fsp3) is 0.143. The number of nitrogens with one attached hydrogen (secondary N) is 1. The molecule has 1 N–H and O–H groups in total. The quantitative estimate of drug-likeness (QED) is 0.635. The van der Waals surface area contributed by atoms with Crippen molar-refractivity contribution in [1.29, 1.82) is 0 Å². The van der Waals surface area contributed by atoms with E-state index >= 15 is 0 Å². The Kier molecular flexibility index (Phi) is 4.88. The number of sulfonamides is 1. The van der Waals surface area contributed by atoms with Gasteiger partial charge in [-0.2, -0.15) is 0 Å². The number of carbonyl (C=O) groups is 1. The number of esters is 1. The van der Waals surface area contributed by atoms with Crippen molar-refractivity contribution in [3.8, 4) is 5.69 Å². The van der Waals surface area contributed by atoms with Crippen molar-refractivity contribution in [2.75, 3.05) is 7.11 Å². The summed E-state index contributed by atoms with van der Waals surface area (Å²) in [4.78, 5) is 15.5. The van der Waals surface area contributed by atoms with Gasteiger partial charge in [0.05, 0.1) is 37.4 Å². The van der Waals surface area contributed by atoms with Crippen molar-refractivity contribution in [2.24, 2.45) is 0 Å². The Morgan fingerprint density at radius 2 is 2.24 bits per heavy atom. The zero-order valence-corrected chi connectivity index (χ0v) is 14.6. The number of pyridine rings is 1. The summed E-state index contributed by atoms with van der Waals surface area (Å²) in [6, 6.07) is 4.90. The van der Waals surface area contributed by atoms with Gasteiger partial charge < -0.3 is 4.74 Å². The first-order chi connectivity index (χ1) is 12.0. The summed E-state index contributed by atoms with van der Waals surface area (Å²) >= 11 is 0.999. The van der Waals surface area contributed by atoms with Gasteiger partial charge in [0.25, 0.3) is 0 Å². The molecule has 0 saturated carbocycles. The third-order valence-corrected chi connectivity index (χ3v) is 5.65. The van der Waals surface area contributed by atoms with Gasteiger partial charge in [-0.1, -0.05) is 5.21 Å². The van der Waals surface area contributed by atoms with Crippen LogP contribution in [-0.2, 0) is 21.3 Å². The summed E-state index contributed by atoms with van der Waals surface area (Å²) in [7, 11) is -2.69. The topological polar surface area (TPSA) is 116 Å². The zero-order valence-electron chi connectivity index (χ0n) is 13.0. The van der Waals surface area contributed by atoms with E-state index in [2.05, 4.69) is 24.8 Å². The van der Waals surface area contributed by atoms with E-state index in [-0.39, 0.29) is 16.3 Å². The number of nitrogens with zero attached hydrogens (tertiary/aromatic N) is 4.